The van der Waals surface area contributed by atoms with E-state index in [0.29, 0.717) is 12.0 Å². The number of halogens is 2. The Labute approximate surface area is 108 Å². The Hall–Kier alpha value is -0.940. The Kier molecular flexibility index (Phi) is 5.58. The quantitative estimate of drug-likeness (QED) is 0.877. The van der Waals surface area contributed by atoms with Crippen molar-refractivity contribution in [2.24, 2.45) is 0 Å². The lowest BCUT2D eigenvalue weighted by Crippen LogP contribution is -2.24. The number of amides is 1. The summed E-state index contributed by atoms with van der Waals surface area (Å²) < 4.78 is 14.1. The van der Waals surface area contributed by atoms with E-state index in [-0.39, 0.29) is 24.7 Å². The summed E-state index contributed by atoms with van der Waals surface area (Å²) in [6, 6.07) is 4.58. The van der Waals surface area contributed by atoms with Crippen LogP contribution in [0.2, 0.25) is 0 Å². The summed E-state index contributed by atoms with van der Waals surface area (Å²) in [4.78, 5) is 11.4. The van der Waals surface area contributed by atoms with Crippen molar-refractivity contribution in [2.45, 2.75) is 32.4 Å². The highest BCUT2D eigenvalue weighted by atomic mass is 79.9. The molecule has 0 aliphatic rings. The number of aliphatic hydroxyl groups excluding tert-OH is 1. The van der Waals surface area contributed by atoms with E-state index in [1.54, 1.807) is 19.1 Å². The number of benzene rings is 1. The molecule has 0 fully saturated rings. The molecule has 1 aromatic rings. The SMILES string of the molecule is CC(O)CCC(=O)NCc1cc(Br)ccc1F. The summed E-state index contributed by atoms with van der Waals surface area (Å²) in [6.07, 6.45) is 0.156. The zero-order chi connectivity index (χ0) is 12.8. The molecule has 1 atom stereocenters. The fourth-order valence-electron chi connectivity index (χ4n) is 1.30. The zero-order valence-corrected chi connectivity index (χ0v) is 11.1. The molecule has 0 aliphatic heterocycles. The van der Waals surface area contributed by atoms with Gasteiger partial charge in [0.2, 0.25) is 5.91 Å². The first-order valence-corrected chi connectivity index (χ1v) is 6.17. The molecule has 1 rings (SSSR count). The van der Waals surface area contributed by atoms with Gasteiger partial charge in [-0.25, -0.2) is 4.39 Å². The van der Waals surface area contributed by atoms with E-state index in [0.717, 1.165) is 4.47 Å². The van der Waals surface area contributed by atoms with Crippen LogP contribution in [0.3, 0.4) is 0 Å². The maximum absolute atomic E-state index is 13.3. The van der Waals surface area contributed by atoms with Crippen LogP contribution in [0, 0.1) is 5.82 Å². The molecule has 0 radical (unpaired) electrons. The van der Waals surface area contributed by atoms with Gasteiger partial charge in [0, 0.05) is 23.0 Å². The number of carbonyl (C=O) groups is 1. The summed E-state index contributed by atoms with van der Waals surface area (Å²) >= 11 is 3.24. The largest absolute Gasteiger partial charge is 0.393 e. The minimum Gasteiger partial charge on any atom is -0.393 e. The number of rotatable bonds is 5. The maximum Gasteiger partial charge on any atom is 0.220 e. The number of nitrogens with one attached hydrogen (secondary N) is 1. The molecule has 0 saturated heterocycles. The summed E-state index contributed by atoms with van der Waals surface area (Å²) in [5, 5.41) is 11.6. The average Bonchev–Trinajstić information content (AvgIpc) is 2.27. The molecule has 3 nitrogen and oxygen atoms in total. The molecular formula is C12H15BrFNO2. The van der Waals surface area contributed by atoms with Gasteiger partial charge in [0.15, 0.2) is 0 Å². The van der Waals surface area contributed by atoms with Gasteiger partial charge in [-0.3, -0.25) is 4.79 Å². The van der Waals surface area contributed by atoms with Gasteiger partial charge in [-0.05, 0) is 31.5 Å². The Morgan fingerprint density at radius 1 is 1.59 bits per heavy atom. The normalized spacial score (nSPS) is 12.2. The van der Waals surface area contributed by atoms with Gasteiger partial charge in [-0.2, -0.15) is 0 Å². The second kappa shape index (κ2) is 6.71. The van der Waals surface area contributed by atoms with Gasteiger partial charge in [-0.15, -0.1) is 0 Å². The summed E-state index contributed by atoms with van der Waals surface area (Å²) in [6.45, 7) is 1.78. The van der Waals surface area contributed by atoms with E-state index in [1.165, 1.54) is 6.07 Å². The molecule has 5 heteroatoms. The van der Waals surface area contributed by atoms with E-state index in [2.05, 4.69) is 21.2 Å². The van der Waals surface area contributed by atoms with Crippen molar-refractivity contribution in [3.05, 3.63) is 34.1 Å². The average molecular weight is 304 g/mol. The Bertz CT molecular complexity index is 396. The van der Waals surface area contributed by atoms with Crippen molar-refractivity contribution >= 4 is 21.8 Å². The molecule has 1 amide bonds. The van der Waals surface area contributed by atoms with Gasteiger partial charge in [0.1, 0.15) is 5.82 Å². The molecule has 0 aromatic heterocycles. The van der Waals surface area contributed by atoms with E-state index in [9.17, 15) is 9.18 Å². The van der Waals surface area contributed by atoms with Crippen molar-refractivity contribution in [3.63, 3.8) is 0 Å². The molecule has 0 bridgehead atoms. The van der Waals surface area contributed by atoms with Gasteiger partial charge >= 0.3 is 0 Å². The van der Waals surface area contributed by atoms with Crippen LogP contribution in [-0.4, -0.2) is 17.1 Å². The number of carbonyl (C=O) groups excluding carboxylic acids is 1. The highest BCUT2D eigenvalue weighted by Crippen LogP contribution is 2.15. The van der Waals surface area contributed by atoms with Gasteiger partial charge in [-0.1, -0.05) is 15.9 Å². The van der Waals surface area contributed by atoms with Gasteiger partial charge < -0.3 is 10.4 Å². The fourth-order valence-corrected chi connectivity index (χ4v) is 1.71. The topological polar surface area (TPSA) is 49.3 Å². The molecule has 0 saturated carbocycles. The van der Waals surface area contributed by atoms with Crippen LogP contribution >= 0.6 is 15.9 Å². The van der Waals surface area contributed by atoms with Crippen LogP contribution in [0.5, 0.6) is 0 Å². The first kappa shape index (κ1) is 14.1. The number of aliphatic hydroxyl groups is 1. The highest BCUT2D eigenvalue weighted by Gasteiger charge is 2.06. The second-order valence-corrected chi connectivity index (χ2v) is 4.82. The second-order valence-electron chi connectivity index (χ2n) is 3.90. The predicted octanol–water partition coefficient (Wildman–Crippen LogP) is 2.37. The van der Waals surface area contributed by atoms with Crippen LogP contribution in [0.15, 0.2) is 22.7 Å². The first-order chi connectivity index (χ1) is 7.99. The Morgan fingerprint density at radius 2 is 2.29 bits per heavy atom. The number of hydrogen-bond donors (Lipinski definition) is 2. The van der Waals surface area contributed by atoms with E-state index in [1.807, 2.05) is 0 Å². The molecule has 94 valence electrons. The van der Waals surface area contributed by atoms with Crippen molar-refractivity contribution < 1.29 is 14.3 Å². The van der Waals surface area contributed by atoms with Crippen molar-refractivity contribution in [2.75, 3.05) is 0 Å². The lowest BCUT2D eigenvalue weighted by molar-refractivity contribution is -0.121. The number of hydrogen-bond acceptors (Lipinski definition) is 2. The van der Waals surface area contributed by atoms with Crippen LogP contribution in [0.1, 0.15) is 25.3 Å². The monoisotopic (exact) mass is 303 g/mol. The first-order valence-electron chi connectivity index (χ1n) is 5.37. The van der Waals surface area contributed by atoms with Crippen LogP contribution in [0.4, 0.5) is 4.39 Å². The van der Waals surface area contributed by atoms with Crippen molar-refractivity contribution in [3.8, 4) is 0 Å². The molecule has 0 spiro atoms. The third kappa shape index (κ3) is 5.28. The molecular weight excluding hydrogens is 289 g/mol. The van der Waals surface area contributed by atoms with E-state index < -0.39 is 6.10 Å². The Morgan fingerprint density at radius 3 is 2.94 bits per heavy atom. The van der Waals surface area contributed by atoms with E-state index in [4.69, 9.17) is 5.11 Å². The summed E-state index contributed by atoms with van der Waals surface area (Å²) in [5.41, 5.74) is 0.435. The molecule has 2 N–H and O–H groups in total. The molecule has 0 heterocycles. The lowest BCUT2D eigenvalue weighted by Gasteiger charge is -2.07. The minimum absolute atomic E-state index is 0.157. The third-order valence-corrected chi connectivity index (χ3v) is 2.77. The van der Waals surface area contributed by atoms with Crippen LogP contribution in [-0.2, 0) is 11.3 Å². The lowest BCUT2D eigenvalue weighted by atomic mass is 10.2. The van der Waals surface area contributed by atoms with Crippen LogP contribution in [0.25, 0.3) is 0 Å². The zero-order valence-electron chi connectivity index (χ0n) is 9.54. The standard InChI is InChI=1S/C12H15BrFNO2/c1-8(16)2-5-12(17)15-7-9-6-10(13)3-4-11(9)14/h3-4,6,8,16H,2,5,7H2,1H3,(H,15,17). The fraction of sp³-hybridized carbons (Fsp3) is 0.417. The van der Waals surface area contributed by atoms with Crippen molar-refractivity contribution in [1.82, 2.24) is 5.32 Å². The molecule has 1 unspecified atom stereocenters. The minimum atomic E-state index is -0.497. The van der Waals surface area contributed by atoms with Gasteiger partial charge in [0.25, 0.3) is 0 Å². The Balaban J connectivity index is 2.44. The van der Waals surface area contributed by atoms with Crippen LogP contribution < -0.4 is 5.32 Å². The highest BCUT2D eigenvalue weighted by molar-refractivity contribution is 9.10. The maximum atomic E-state index is 13.3. The predicted molar refractivity (Wildman–Crippen MR) is 66.9 cm³/mol. The smallest absolute Gasteiger partial charge is 0.220 e. The molecule has 17 heavy (non-hydrogen) atoms. The van der Waals surface area contributed by atoms with Crippen molar-refractivity contribution in [1.29, 1.82) is 0 Å². The summed E-state index contributed by atoms with van der Waals surface area (Å²) in [7, 11) is 0. The molecule has 0 aliphatic carbocycles. The molecule has 1 aromatic carbocycles. The van der Waals surface area contributed by atoms with Gasteiger partial charge in [0.05, 0.1) is 6.10 Å². The third-order valence-electron chi connectivity index (χ3n) is 2.27. The van der Waals surface area contributed by atoms with E-state index >= 15 is 0 Å². The summed E-state index contributed by atoms with van der Waals surface area (Å²) in [5.74, 6) is -0.533.